The van der Waals surface area contributed by atoms with Crippen molar-refractivity contribution in [1.82, 2.24) is 14.9 Å². The van der Waals surface area contributed by atoms with Crippen LogP contribution in [0, 0.1) is 0 Å². The average molecular weight is 306 g/mol. The molecular weight excluding hydrogens is 288 g/mol. The summed E-state index contributed by atoms with van der Waals surface area (Å²) in [6.45, 7) is 2.95. The molecule has 2 aromatic rings. The molecule has 1 amide bonds. The number of aromatic nitrogens is 2. The molecule has 6 nitrogen and oxygen atoms in total. The van der Waals surface area contributed by atoms with Crippen molar-refractivity contribution in [2.24, 2.45) is 0 Å². The summed E-state index contributed by atoms with van der Waals surface area (Å²) in [5.41, 5.74) is 0.873. The minimum Gasteiger partial charge on any atom is -0.465 e. The molecule has 0 radical (unpaired) electrons. The van der Waals surface area contributed by atoms with Crippen molar-refractivity contribution in [3.63, 3.8) is 0 Å². The molecule has 0 aliphatic rings. The highest BCUT2D eigenvalue weighted by molar-refractivity contribution is 7.13. The van der Waals surface area contributed by atoms with Gasteiger partial charge in [0.25, 0.3) is 0 Å². The Balaban J connectivity index is 1.95. The third kappa shape index (κ3) is 4.71. The lowest BCUT2D eigenvalue weighted by Crippen LogP contribution is -2.29. The van der Waals surface area contributed by atoms with Crippen molar-refractivity contribution in [3.8, 4) is 0 Å². The highest BCUT2D eigenvalue weighted by atomic mass is 32.1. The first-order valence-corrected chi connectivity index (χ1v) is 7.66. The van der Waals surface area contributed by atoms with Crippen molar-refractivity contribution in [2.75, 3.05) is 11.9 Å². The highest BCUT2D eigenvalue weighted by Gasteiger charge is 2.11. The first-order chi connectivity index (χ1) is 10.2. The zero-order valence-electron chi connectivity index (χ0n) is 11.8. The Morgan fingerprint density at radius 2 is 2.29 bits per heavy atom. The number of amides is 1. The van der Waals surface area contributed by atoms with Crippen molar-refractivity contribution in [2.45, 2.75) is 26.3 Å². The molecule has 0 aliphatic heterocycles. The Morgan fingerprint density at radius 1 is 1.43 bits per heavy atom. The van der Waals surface area contributed by atoms with Gasteiger partial charge in [0.05, 0.1) is 6.54 Å². The van der Waals surface area contributed by atoms with Gasteiger partial charge in [-0.2, -0.15) is 0 Å². The van der Waals surface area contributed by atoms with Crippen LogP contribution in [0.2, 0.25) is 0 Å². The van der Waals surface area contributed by atoms with Crippen LogP contribution >= 0.6 is 11.3 Å². The maximum absolute atomic E-state index is 11.2. The number of thiazole rings is 1. The van der Waals surface area contributed by atoms with E-state index < -0.39 is 6.09 Å². The fourth-order valence-electron chi connectivity index (χ4n) is 1.80. The van der Waals surface area contributed by atoms with Gasteiger partial charge in [-0.05, 0) is 18.1 Å². The van der Waals surface area contributed by atoms with Crippen molar-refractivity contribution in [3.05, 3.63) is 35.5 Å². The fraction of sp³-hybridized carbons (Fsp3) is 0.357. The first kappa shape index (κ1) is 15.2. The Labute approximate surface area is 127 Å². The van der Waals surface area contributed by atoms with Gasteiger partial charge in [0, 0.05) is 24.3 Å². The summed E-state index contributed by atoms with van der Waals surface area (Å²) in [5.74, 6) is 0.698. The summed E-state index contributed by atoms with van der Waals surface area (Å²) in [6, 6.07) is 3.71. The summed E-state index contributed by atoms with van der Waals surface area (Å²) < 4.78 is 0. The molecule has 112 valence electrons. The van der Waals surface area contributed by atoms with Gasteiger partial charge in [-0.3, -0.25) is 0 Å². The third-order valence-corrected chi connectivity index (χ3v) is 3.61. The Kier molecular flexibility index (Phi) is 5.51. The normalized spacial score (nSPS) is 10.3. The molecule has 7 heteroatoms. The molecule has 2 aromatic heterocycles. The number of nitrogens with one attached hydrogen (secondary N) is 1. The number of nitrogens with zero attached hydrogens (tertiary/aromatic N) is 3. The van der Waals surface area contributed by atoms with Crippen LogP contribution < -0.4 is 5.32 Å². The van der Waals surface area contributed by atoms with Crippen LogP contribution in [0.4, 0.5) is 15.7 Å². The third-order valence-electron chi connectivity index (χ3n) is 2.92. The monoisotopic (exact) mass is 306 g/mol. The number of hydrogen-bond acceptors (Lipinski definition) is 5. The van der Waals surface area contributed by atoms with Crippen LogP contribution in [0.5, 0.6) is 0 Å². The maximum Gasteiger partial charge on any atom is 0.407 e. The van der Waals surface area contributed by atoms with Crippen molar-refractivity contribution >= 4 is 28.4 Å². The van der Waals surface area contributed by atoms with Crippen molar-refractivity contribution in [1.29, 1.82) is 0 Å². The molecule has 0 bridgehead atoms. The molecule has 0 spiro atoms. The number of pyridine rings is 1. The average Bonchev–Trinajstić information content (AvgIpc) is 2.98. The summed E-state index contributed by atoms with van der Waals surface area (Å²) in [6.07, 6.45) is 4.35. The van der Waals surface area contributed by atoms with Crippen molar-refractivity contribution < 1.29 is 9.90 Å². The van der Waals surface area contributed by atoms with Gasteiger partial charge in [0.15, 0.2) is 5.13 Å². The van der Waals surface area contributed by atoms with E-state index in [9.17, 15) is 9.90 Å². The van der Waals surface area contributed by atoms with Crippen LogP contribution in [-0.4, -0.2) is 32.6 Å². The fourth-order valence-corrected chi connectivity index (χ4v) is 2.33. The first-order valence-electron chi connectivity index (χ1n) is 6.78. The van der Waals surface area contributed by atoms with E-state index in [1.807, 2.05) is 24.4 Å². The summed E-state index contributed by atoms with van der Waals surface area (Å²) in [7, 11) is 0. The van der Waals surface area contributed by atoms with E-state index in [0.717, 1.165) is 23.5 Å². The lowest BCUT2D eigenvalue weighted by Gasteiger charge is -2.18. The molecule has 0 saturated carbocycles. The molecule has 0 saturated heterocycles. The molecule has 2 heterocycles. The van der Waals surface area contributed by atoms with Crippen LogP contribution in [-0.2, 0) is 6.54 Å². The number of carboxylic acid groups (broad SMARTS) is 1. The van der Waals surface area contributed by atoms with Gasteiger partial charge in [-0.25, -0.2) is 14.8 Å². The van der Waals surface area contributed by atoms with Gasteiger partial charge >= 0.3 is 6.09 Å². The van der Waals surface area contributed by atoms with E-state index in [0.29, 0.717) is 18.9 Å². The quantitative estimate of drug-likeness (QED) is 0.817. The lowest BCUT2D eigenvalue weighted by molar-refractivity contribution is 0.141. The minimum absolute atomic E-state index is 0.361. The van der Waals surface area contributed by atoms with E-state index in [-0.39, 0.29) is 0 Å². The lowest BCUT2D eigenvalue weighted by atomic mass is 10.2. The Morgan fingerprint density at radius 3 is 2.86 bits per heavy atom. The highest BCUT2D eigenvalue weighted by Crippen LogP contribution is 2.17. The topological polar surface area (TPSA) is 78.3 Å². The van der Waals surface area contributed by atoms with Gasteiger partial charge < -0.3 is 15.3 Å². The molecule has 0 unspecified atom stereocenters. The predicted molar refractivity (Wildman–Crippen MR) is 83.0 cm³/mol. The second kappa shape index (κ2) is 7.58. The second-order valence-electron chi connectivity index (χ2n) is 4.57. The summed E-state index contributed by atoms with van der Waals surface area (Å²) in [4.78, 5) is 21.0. The SMILES string of the molecule is CCCCN(Cc1ccc(Nc2nccs2)nc1)C(=O)O. The molecule has 2 rings (SSSR count). The smallest absolute Gasteiger partial charge is 0.407 e. The molecule has 21 heavy (non-hydrogen) atoms. The molecule has 0 fully saturated rings. The zero-order chi connectivity index (χ0) is 15.1. The van der Waals surface area contributed by atoms with Crippen LogP contribution in [0.25, 0.3) is 0 Å². The number of rotatable bonds is 7. The van der Waals surface area contributed by atoms with E-state index in [1.165, 1.54) is 16.2 Å². The zero-order valence-corrected chi connectivity index (χ0v) is 12.6. The van der Waals surface area contributed by atoms with E-state index >= 15 is 0 Å². The minimum atomic E-state index is -0.895. The Hall–Kier alpha value is -2.15. The number of carbonyl (C=O) groups is 1. The molecule has 0 aromatic carbocycles. The second-order valence-corrected chi connectivity index (χ2v) is 5.47. The van der Waals surface area contributed by atoms with Gasteiger partial charge in [-0.1, -0.05) is 19.4 Å². The van der Waals surface area contributed by atoms with E-state index in [4.69, 9.17) is 0 Å². The van der Waals surface area contributed by atoms with Crippen LogP contribution in [0.3, 0.4) is 0 Å². The maximum atomic E-state index is 11.2. The van der Waals surface area contributed by atoms with Gasteiger partial charge in [-0.15, -0.1) is 11.3 Å². The van der Waals surface area contributed by atoms with Gasteiger partial charge in [0.1, 0.15) is 5.82 Å². The van der Waals surface area contributed by atoms with E-state index in [2.05, 4.69) is 15.3 Å². The Bertz CT molecular complexity index is 557. The molecule has 0 atom stereocenters. The summed E-state index contributed by atoms with van der Waals surface area (Å²) >= 11 is 1.50. The number of anilines is 2. The molecule has 0 aliphatic carbocycles. The van der Waals surface area contributed by atoms with E-state index in [1.54, 1.807) is 12.4 Å². The van der Waals surface area contributed by atoms with Crippen LogP contribution in [0.1, 0.15) is 25.3 Å². The molecular formula is C14H18N4O2S. The predicted octanol–water partition coefficient (Wildman–Crippen LogP) is 3.56. The standard InChI is InChI=1S/C14H18N4O2S/c1-2-3-7-18(14(19)20)10-11-4-5-12(16-9-11)17-13-15-6-8-21-13/h4-6,8-9H,2-3,7,10H2,1H3,(H,19,20)(H,15,16,17). The largest absolute Gasteiger partial charge is 0.465 e. The summed E-state index contributed by atoms with van der Waals surface area (Å²) in [5, 5.41) is 14.9. The van der Waals surface area contributed by atoms with Gasteiger partial charge in [0.2, 0.25) is 0 Å². The molecule has 2 N–H and O–H groups in total. The van der Waals surface area contributed by atoms with Crippen LogP contribution in [0.15, 0.2) is 29.9 Å². The number of unbranched alkanes of at least 4 members (excludes halogenated alkanes) is 1. The number of hydrogen-bond donors (Lipinski definition) is 2.